The first-order valence-electron chi connectivity index (χ1n) is 9.90. The summed E-state index contributed by atoms with van der Waals surface area (Å²) in [6.07, 6.45) is 1.83. The summed E-state index contributed by atoms with van der Waals surface area (Å²) >= 11 is 0. The first-order chi connectivity index (χ1) is 13.9. The third-order valence-electron chi connectivity index (χ3n) is 5.42. The lowest BCUT2D eigenvalue weighted by atomic mass is 9.97. The van der Waals surface area contributed by atoms with Gasteiger partial charge in [0.15, 0.2) is 0 Å². The molecule has 3 rings (SSSR count). The van der Waals surface area contributed by atoms with E-state index >= 15 is 0 Å². The second-order valence-corrected chi connectivity index (χ2v) is 9.24. The van der Waals surface area contributed by atoms with Crippen LogP contribution in [0.5, 0.6) is 5.75 Å². The van der Waals surface area contributed by atoms with Gasteiger partial charge in [-0.05, 0) is 55.5 Å². The molecule has 0 saturated carbocycles. The summed E-state index contributed by atoms with van der Waals surface area (Å²) in [5, 5.41) is 3.02. The zero-order valence-corrected chi connectivity index (χ0v) is 18.0. The van der Waals surface area contributed by atoms with Gasteiger partial charge in [0.25, 0.3) is 0 Å². The van der Waals surface area contributed by atoms with Crippen molar-refractivity contribution in [3.05, 3.63) is 53.6 Å². The highest BCUT2D eigenvalue weighted by Gasteiger charge is 2.33. The summed E-state index contributed by atoms with van der Waals surface area (Å²) in [5.41, 5.74) is 2.78. The smallest absolute Gasteiger partial charge is 0.246 e. The fraction of sp³-hybridized carbons (Fsp3) is 0.409. The molecule has 1 aliphatic rings. The van der Waals surface area contributed by atoms with E-state index < -0.39 is 10.0 Å². The van der Waals surface area contributed by atoms with Crippen LogP contribution in [0.15, 0.2) is 47.4 Å². The van der Waals surface area contributed by atoms with Crippen LogP contribution < -0.4 is 10.1 Å². The fourth-order valence-corrected chi connectivity index (χ4v) is 5.38. The minimum atomic E-state index is -3.67. The summed E-state index contributed by atoms with van der Waals surface area (Å²) < 4.78 is 32.9. The Balaban J connectivity index is 1.68. The van der Waals surface area contributed by atoms with E-state index in [0.717, 1.165) is 23.2 Å². The van der Waals surface area contributed by atoms with Crippen LogP contribution in [0.4, 0.5) is 5.69 Å². The zero-order chi connectivity index (χ0) is 21.0. The molecule has 1 N–H and O–H groups in total. The molecule has 0 aromatic heterocycles. The Hall–Kier alpha value is -2.38. The van der Waals surface area contributed by atoms with Gasteiger partial charge in [-0.15, -0.1) is 0 Å². The summed E-state index contributed by atoms with van der Waals surface area (Å²) in [4.78, 5) is 12.9. The molecule has 0 unspecified atom stereocenters. The number of para-hydroxylation sites is 1. The minimum Gasteiger partial charge on any atom is -0.495 e. The average molecular weight is 417 g/mol. The van der Waals surface area contributed by atoms with Gasteiger partial charge in [0, 0.05) is 24.7 Å². The molecule has 0 aliphatic carbocycles. The summed E-state index contributed by atoms with van der Waals surface area (Å²) in [6, 6.07) is 12.9. The number of hydrogen-bond donors (Lipinski definition) is 1. The molecule has 0 atom stereocenters. The van der Waals surface area contributed by atoms with Crippen molar-refractivity contribution in [2.75, 3.05) is 25.5 Å². The molecular formula is C22H28N2O4S. The van der Waals surface area contributed by atoms with Gasteiger partial charge in [0.05, 0.1) is 7.11 Å². The van der Waals surface area contributed by atoms with Gasteiger partial charge in [-0.1, -0.05) is 31.2 Å². The number of piperidine rings is 1. The lowest BCUT2D eigenvalue weighted by Crippen LogP contribution is -2.41. The first-order valence-corrected chi connectivity index (χ1v) is 11.3. The van der Waals surface area contributed by atoms with Crippen molar-refractivity contribution in [1.82, 2.24) is 4.31 Å². The average Bonchev–Trinajstić information content (AvgIpc) is 2.74. The Bertz CT molecular complexity index is 980. The maximum atomic E-state index is 13.1. The number of rotatable bonds is 6. The second-order valence-electron chi connectivity index (χ2n) is 7.33. The van der Waals surface area contributed by atoms with E-state index in [1.807, 2.05) is 44.2 Å². The number of aryl methyl sites for hydroxylation is 2. The Morgan fingerprint density at radius 2 is 1.86 bits per heavy atom. The van der Waals surface area contributed by atoms with Gasteiger partial charge in [-0.25, -0.2) is 8.42 Å². The summed E-state index contributed by atoms with van der Waals surface area (Å²) in [6.45, 7) is 4.52. The van der Waals surface area contributed by atoms with Crippen molar-refractivity contribution >= 4 is 21.6 Å². The predicted molar refractivity (Wildman–Crippen MR) is 114 cm³/mol. The van der Waals surface area contributed by atoms with Crippen LogP contribution in [0.1, 0.15) is 30.9 Å². The maximum absolute atomic E-state index is 13.1. The van der Waals surface area contributed by atoms with Crippen molar-refractivity contribution < 1.29 is 17.9 Å². The quantitative estimate of drug-likeness (QED) is 0.781. The number of hydrogen-bond acceptors (Lipinski definition) is 4. The highest BCUT2D eigenvalue weighted by atomic mass is 32.2. The Kier molecular flexibility index (Phi) is 6.59. The highest BCUT2D eigenvalue weighted by molar-refractivity contribution is 7.89. The molecule has 156 valence electrons. The first kappa shape index (κ1) is 21.3. The standard InChI is InChI=1S/C22H28N2O4S/c1-4-17-7-5-6-8-19(17)23-22(25)18-11-13-24(14-12-18)29(26,27)21-15-16(2)9-10-20(21)28-3/h5-10,15,18H,4,11-14H2,1-3H3,(H,23,25). The summed E-state index contributed by atoms with van der Waals surface area (Å²) in [7, 11) is -2.20. The molecule has 1 amide bonds. The monoisotopic (exact) mass is 416 g/mol. The molecule has 6 nitrogen and oxygen atoms in total. The van der Waals surface area contributed by atoms with Crippen molar-refractivity contribution in [1.29, 1.82) is 0 Å². The molecule has 1 aliphatic heterocycles. The molecule has 1 saturated heterocycles. The van der Waals surface area contributed by atoms with Crippen LogP contribution in [0, 0.1) is 12.8 Å². The van der Waals surface area contributed by atoms with Gasteiger partial charge in [0.2, 0.25) is 15.9 Å². The van der Waals surface area contributed by atoms with Crippen LogP contribution in [-0.4, -0.2) is 38.8 Å². The van der Waals surface area contributed by atoms with Gasteiger partial charge in [-0.3, -0.25) is 4.79 Å². The molecule has 1 fully saturated rings. The van der Waals surface area contributed by atoms with Crippen LogP contribution in [0.25, 0.3) is 0 Å². The predicted octanol–water partition coefficient (Wildman–Crippen LogP) is 3.61. The number of nitrogens with one attached hydrogen (secondary N) is 1. The third-order valence-corrected chi connectivity index (χ3v) is 7.34. The molecule has 7 heteroatoms. The lowest BCUT2D eigenvalue weighted by molar-refractivity contribution is -0.120. The number of amides is 1. The molecule has 1 heterocycles. The molecule has 2 aromatic rings. The molecule has 0 spiro atoms. The Morgan fingerprint density at radius 3 is 2.52 bits per heavy atom. The van der Waals surface area contributed by atoms with Gasteiger partial charge in [0.1, 0.15) is 10.6 Å². The van der Waals surface area contributed by atoms with E-state index in [1.54, 1.807) is 12.1 Å². The van der Waals surface area contributed by atoms with Crippen molar-refractivity contribution in [3.8, 4) is 5.75 Å². The highest BCUT2D eigenvalue weighted by Crippen LogP contribution is 2.31. The van der Waals surface area contributed by atoms with Crippen LogP contribution in [-0.2, 0) is 21.2 Å². The molecule has 2 aromatic carbocycles. The number of carbonyl (C=O) groups is 1. The Morgan fingerprint density at radius 1 is 1.17 bits per heavy atom. The lowest BCUT2D eigenvalue weighted by Gasteiger charge is -2.31. The number of methoxy groups -OCH3 is 1. The minimum absolute atomic E-state index is 0.0453. The number of anilines is 1. The van der Waals surface area contributed by atoms with Crippen molar-refractivity contribution in [3.63, 3.8) is 0 Å². The van der Waals surface area contributed by atoms with Crippen LogP contribution >= 0.6 is 0 Å². The van der Waals surface area contributed by atoms with Gasteiger partial charge >= 0.3 is 0 Å². The van der Waals surface area contributed by atoms with Crippen LogP contribution in [0.2, 0.25) is 0 Å². The van der Waals surface area contributed by atoms with E-state index in [-0.39, 0.29) is 16.7 Å². The normalized spacial score (nSPS) is 15.8. The van der Waals surface area contributed by atoms with E-state index in [4.69, 9.17) is 4.74 Å². The SMILES string of the molecule is CCc1ccccc1NC(=O)C1CCN(S(=O)(=O)c2cc(C)ccc2OC)CC1. The van der Waals surface area contributed by atoms with E-state index in [9.17, 15) is 13.2 Å². The number of ether oxygens (including phenoxy) is 1. The van der Waals surface area contributed by atoms with Gasteiger partial charge in [-0.2, -0.15) is 4.31 Å². The van der Waals surface area contributed by atoms with E-state index in [2.05, 4.69) is 5.32 Å². The summed E-state index contributed by atoms with van der Waals surface area (Å²) in [5.74, 6) is 0.0912. The zero-order valence-electron chi connectivity index (χ0n) is 17.1. The number of nitrogens with zero attached hydrogens (tertiary/aromatic N) is 1. The third kappa shape index (κ3) is 4.62. The number of carbonyl (C=O) groups excluding carboxylic acids is 1. The number of sulfonamides is 1. The topological polar surface area (TPSA) is 75.7 Å². The fourth-order valence-electron chi connectivity index (χ4n) is 3.67. The Labute approximate surface area is 172 Å². The van der Waals surface area contributed by atoms with Crippen LogP contribution in [0.3, 0.4) is 0 Å². The number of benzene rings is 2. The van der Waals surface area contributed by atoms with E-state index in [1.165, 1.54) is 11.4 Å². The molecular weight excluding hydrogens is 388 g/mol. The second kappa shape index (κ2) is 8.97. The molecule has 0 bridgehead atoms. The van der Waals surface area contributed by atoms with Crippen molar-refractivity contribution in [2.45, 2.75) is 38.0 Å². The molecule has 0 radical (unpaired) electrons. The molecule has 29 heavy (non-hydrogen) atoms. The largest absolute Gasteiger partial charge is 0.495 e. The maximum Gasteiger partial charge on any atom is 0.246 e. The van der Waals surface area contributed by atoms with Gasteiger partial charge < -0.3 is 10.1 Å². The van der Waals surface area contributed by atoms with Crippen molar-refractivity contribution in [2.24, 2.45) is 5.92 Å². The van der Waals surface area contributed by atoms with E-state index in [0.29, 0.717) is 31.7 Å².